The molecule has 18 heavy (non-hydrogen) atoms. The standard InChI is InChI=1S/C10H19NO5S2/c12-9-2-1-5-11(8-9)18(15,16)10-3-6-17(13,14)7-4-10/h9-10,12H,1-8H2/t9-/m0/s1. The zero-order chi connectivity index (χ0) is 13.4. The molecule has 0 aromatic carbocycles. The second-order valence-electron chi connectivity index (χ2n) is 5.05. The van der Waals surface area contributed by atoms with Gasteiger partial charge in [-0.25, -0.2) is 16.8 Å². The van der Waals surface area contributed by atoms with Gasteiger partial charge in [-0.1, -0.05) is 0 Å². The Bertz CT molecular complexity index is 484. The summed E-state index contributed by atoms with van der Waals surface area (Å²) < 4.78 is 48.6. The number of hydrogen-bond acceptors (Lipinski definition) is 5. The van der Waals surface area contributed by atoms with Gasteiger partial charge in [0.05, 0.1) is 22.9 Å². The first-order valence-corrected chi connectivity index (χ1v) is 9.51. The number of aliphatic hydroxyl groups is 1. The van der Waals surface area contributed by atoms with E-state index in [1.165, 1.54) is 4.31 Å². The van der Waals surface area contributed by atoms with Crippen LogP contribution < -0.4 is 0 Å². The first-order chi connectivity index (χ1) is 8.31. The molecule has 0 spiro atoms. The minimum absolute atomic E-state index is 0.0483. The summed E-state index contributed by atoms with van der Waals surface area (Å²) in [4.78, 5) is 0. The van der Waals surface area contributed by atoms with Crippen molar-refractivity contribution >= 4 is 19.9 Å². The molecule has 0 bridgehead atoms. The number of piperidine rings is 1. The normalized spacial score (nSPS) is 31.3. The monoisotopic (exact) mass is 297 g/mol. The third kappa shape index (κ3) is 3.04. The molecule has 2 aliphatic rings. The van der Waals surface area contributed by atoms with Crippen LogP contribution in [-0.4, -0.2) is 62.2 Å². The van der Waals surface area contributed by atoms with Gasteiger partial charge in [-0.05, 0) is 25.7 Å². The number of rotatable bonds is 2. The van der Waals surface area contributed by atoms with Crippen LogP contribution in [0.1, 0.15) is 25.7 Å². The van der Waals surface area contributed by atoms with Crippen molar-refractivity contribution in [3.63, 3.8) is 0 Å². The lowest BCUT2D eigenvalue weighted by molar-refractivity contribution is 0.107. The van der Waals surface area contributed by atoms with Gasteiger partial charge >= 0.3 is 0 Å². The summed E-state index contributed by atoms with van der Waals surface area (Å²) in [6.45, 7) is 0.578. The molecular formula is C10H19NO5S2. The van der Waals surface area contributed by atoms with Crippen molar-refractivity contribution in [1.82, 2.24) is 4.31 Å². The van der Waals surface area contributed by atoms with E-state index in [-0.39, 0.29) is 30.9 Å². The van der Waals surface area contributed by atoms with Gasteiger partial charge in [0.25, 0.3) is 0 Å². The fourth-order valence-electron chi connectivity index (χ4n) is 2.53. The molecular weight excluding hydrogens is 278 g/mol. The molecule has 106 valence electrons. The van der Waals surface area contributed by atoms with E-state index in [4.69, 9.17) is 0 Å². The second-order valence-corrected chi connectivity index (χ2v) is 9.57. The van der Waals surface area contributed by atoms with Gasteiger partial charge in [-0.2, -0.15) is 4.31 Å². The molecule has 8 heteroatoms. The van der Waals surface area contributed by atoms with E-state index in [0.29, 0.717) is 19.4 Å². The molecule has 2 fully saturated rings. The minimum atomic E-state index is -3.46. The molecule has 2 saturated heterocycles. The number of nitrogens with zero attached hydrogens (tertiary/aromatic N) is 1. The third-order valence-electron chi connectivity index (χ3n) is 3.64. The van der Waals surface area contributed by atoms with E-state index < -0.39 is 31.2 Å². The lowest BCUT2D eigenvalue weighted by atomic mass is 10.1. The van der Waals surface area contributed by atoms with Gasteiger partial charge in [0.2, 0.25) is 10.0 Å². The van der Waals surface area contributed by atoms with Gasteiger partial charge in [0.1, 0.15) is 9.84 Å². The van der Waals surface area contributed by atoms with Gasteiger partial charge in [0, 0.05) is 13.1 Å². The molecule has 0 aromatic rings. The summed E-state index contributed by atoms with van der Waals surface area (Å²) in [5.74, 6) is -0.0966. The van der Waals surface area contributed by atoms with Crippen LogP contribution in [0.4, 0.5) is 0 Å². The van der Waals surface area contributed by atoms with E-state index in [2.05, 4.69) is 0 Å². The quantitative estimate of drug-likeness (QED) is 0.731. The highest BCUT2D eigenvalue weighted by Gasteiger charge is 2.38. The highest BCUT2D eigenvalue weighted by atomic mass is 32.2. The van der Waals surface area contributed by atoms with Crippen LogP contribution in [0.2, 0.25) is 0 Å². The maximum absolute atomic E-state index is 12.3. The van der Waals surface area contributed by atoms with Crippen LogP contribution in [0.5, 0.6) is 0 Å². The van der Waals surface area contributed by atoms with Crippen LogP contribution in [0.25, 0.3) is 0 Å². The topological polar surface area (TPSA) is 91.8 Å². The molecule has 0 aliphatic carbocycles. The summed E-state index contributed by atoms with van der Waals surface area (Å²) in [6.07, 6.45) is 1.05. The van der Waals surface area contributed by atoms with Crippen LogP contribution in [0, 0.1) is 0 Å². The van der Waals surface area contributed by atoms with Gasteiger partial charge < -0.3 is 5.11 Å². The lowest BCUT2D eigenvalue weighted by Crippen LogP contribution is -2.48. The number of sulfonamides is 1. The van der Waals surface area contributed by atoms with Crippen molar-refractivity contribution in [2.75, 3.05) is 24.6 Å². The SMILES string of the molecule is O=S1(=O)CCC(S(=O)(=O)N2CCC[C@H](O)C2)CC1. The van der Waals surface area contributed by atoms with Crippen LogP contribution in [0.3, 0.4) is 0 Å². The van der Waals surface area contributed by atoms with Crippen molar-refractivity contribution < 1.29 is 21.9 Å². The first kappa shape index (κ1) is 14.2. The summed E-state index contributed by atoms with van der Waals surface area (Å²) in [5.41, 5.74) is 0. The number of β-amino-alcohol motifs (C(OH)–C–C–N with tert-alkyl or cyclic N) is 1. The number of hydrogen-bond donors (Lipinski definition) is 1. The molecule has 0 amide bonds. The summed E-state index contributed by atoms with van der Waals surface area (Å²) >= 11 is 0. The molecule has 0 unspecified atom stereocenters. The average molecular weight is 297 g/mol. The summed E-state index contributed by atoms with van der Waals surface area (Å²) in [7, 11) is -6.51. The van der Waals surface area contributed by atoms with Crippen molar-refractivity contribution in [2.24, 2.45) is 0 Å². The Balaban J connectivity index is 2.07. The van der Waals surface area contributed by atoms with E-state index in [0.717, 1.165) is 0 Å². The maximum Gasteiger partial charge on any atom is 0.217 e. The Morgan fingerprint density at radius 1 is 1.11 bits per heavy atom. The molecule has 2 heterocycles. The second kappa shape index (κ2) is 5.07. The maximum atomic E-state index is 12.3. The smallest absolute Gasteiger partial charge is 0.217 e. The first-order valence-electron chi connectivity index (χ1n) is 6.19. The lowest BCUT2D eigenvalue weighted by Gasteiger charge is -2.33. The highest BCUT2D eigenvalue weighted by molar-refractivity contribution is 7.92. The largest absolute Gasteiger partial charge is 0.392 e. The molecule has 1 N–H and O–H groups in total. The predicted molar refractivity (Wildman–Crippen MR) is 67.4 cm³/mol. The van der Waals surface area contributed by atoms with Crippen molar-refractivity contribution in [3.05, 3.63) is 0 Å². The van der Waals surface area contributed by atoms with Crippen LogP contribution >= 0.6 is 0 Å². The Kier molecular flexibility index (Phi) is 4.01. The van der Waals surface area contributed by atoms with Gasteiger partial charge in [0.15, 0.2) is 0 Å². The molecule has 0 aromatic heterocycles. The molecule has 2 rings (SSSR count). The molecule has 6 nitrogen and oxygen atoms in total. The Hall–Kier alpha value is -0.180. The number of sulfone groups is 1. The number of aliphatic hydroxyl groups excluding tert-OH is 1. The predicted octanol–water partition coefficient (Wildman–Crippen LogP) is -0.650. The van der Waals surface area contributed by atoms with E-state index >= 15 is 0 Å². The van der Waals surface area contributed by atoms with Crippen molar-refractivity contribution in [3.8, 4) is 0 Å². The fraction of sp³-hybridized carbons (Fsp3) is 1.00. The summed E-state index contributed by atoms with van der Waals surface area (Å²) in [6, 6.07) is 0. The van der Waals surface area contributed by atoms with Gasteiger partial charge in [-0.15, -0.1) is 0 Å². The third-order valence-corrected chi connectivity index (χ3v) is 7.72. The van der Waals surface area contributed by atoms with Crippen molar-refractivity contribution in [1.29, 1.82) is 0 Å². The fourth-order valence-corrected chi connectivity index (χ4v) is 6.34. The van der Waals surface area contributed by atoms with Crippen molar-refractivity contribution in [2.45, 2.75) is 37.0 Å². The molecule has 0 saturated carbocycles. The Morgan fingerprint density at radius 2 is 1.72 bits per heavy atom. The highest BCUT2D eigenvalue weighted by Crippen LogP contribution is 2.24. The van der Waals surface area contributed by atoms with E-state index in [9.17, 15) is 21.9 Å². The zero-order valence-electron chi connectivity index (χ0n) is 10.2. The van der Waals surface area contributed by atoms with E-state index in [1.807, 2.05) is 0 Å². The Labute approximate surface area is 108 Å². The average Bonchev–Trinajstić information content (AvgIpc) is 2.28. The molecule has 2 aliphatic heterocycles. The van der Waals surface area contributed by atoms with Crippen LogP contribution in [0.15, 0.2) is 0 Å². The zero-order valence-corrected chi connectivity index (χ0v) is 11.8. The Morgan fingerprint density at radius 3 is 2.28 bits per heavy atom. The van der Waals surface area contributed by atoms with E-state index in [1.54, 1.807) is 0 Å². The minimum Gasteiger partial charge on any atom is -0.392 e. The molecule has 1 atom stereocenters. The molecule has 0 radical (unpaired) electrons. The van der Waals surface area contributed by atoms with Crippen LogP contribution in [-0.2, 0) is 19.9 Å². The summed E-state index contributed by atoms with van der Waals surface area (Å²) in [5, 5.41) is 8.92. The van der Waals surface area contributed by atoms with Gasteiger partial charge in [-0.3, -0.25) is 0 Å².